The lowest BCUT2D eigenvalue weighted by Crippen LogP contribution is -2.05. The molecule has 0 heterocycles. The van der Waals surface area contributed by atoms with Crippen LogP contribution in [0.25, 0.3) is 0 Å². The van der Waals surface area contributed by atoms with Gasteiger partial charge in [0.1, 0.15) is 0 Å². The molecule has 0 fully saturated rings. The van der Waals surface area contributed by atoms with E-state index in [9.17, 15) is 4.79 Å². The highest BCUT2D eigenvalue weighted by molar-refractivity contribution is 5.86. The van der Waals surface area contributed by atoms with Crippen LogP contribution < -0.4 is 0 Å². The minimum absolute atomic E-state index is 0.255. The van der Waals surface area contributed by atoms with Crippen LogP contribution in [0.15, 0.2) is 12.2 Å². The first kappa shape index (κ1) is 22.2. The van der Waals surface area contributed by atoms with Crippen LogP contribution in [0.1, 0.15) is 104 Å². The molecular weight excluding hydrogens is 284 g/mol. The van der Waals surface area contributed by atoms with Crippen molar-refractivity contribution in [3.8, 4) is 0 Å². The number of rotatable bonds is 16. The van der Waals surface area contributed by atoms with E-state index in [4.69, 9.17) is 4.74 Å². The van der Waals surface area contributed by atoms with Gasteiger partial charge >= 0.3 is 5.97 Å². The highest BCUT2D eigenvalue weighted by Crippen LogP contribution is 2.14. The fourth-order valence-electron chi connectivity index (χ4n) is 2.71. The zero-order valence-electron chi connectivity index (χ0n) is 16.0. The second-order valence-electron chi connectivity index (χ2n) is 7.34. The summed E-state index contributed by atoms with van der Waals surface area (Å²) in [7, 11) is 0. The number of hydrogen-bond acceptors (Lipinski definition) is 2. The summed E-state index contributed by atoms with van der Waals surface area (Å²) in [6.45, 7) is 10.4. The van der Waals surface area contributed by atoms with Gasteiger partial charge in [0.25, 0.3) is 0 Å². The van der Waals surface area contributed by atoms with Gasteiger partial charge in [-0.15, -0.1) is 0 Å². The Morgan fingerprint density at radius 1 is 0.783 bits per heavy atom. The van der Waals surface area contributed by atoms with Gasteiger partial charge in [-0.2, -0.15) is 0 Å². The largest absolute Gasteiger partial charge is 0.462 e. The standard InChI is InChI=1S/C21H40O2/c1-19(2)17-15-13-11-9-7-5-6-8-10-12-14-16-18-23-21(22)20(3)4/h19H,3,5-18H2,1-2,4H3. The predicted octanol–water partition coefficient (Wildman–Crippen LogP) is 6.83. The van der Waals surface area contributed by atoms with Crippen molar-refractivity contribution in [1.29, 1.82) is 0 Å². The lowest BCUT2D eigenvalue weighted by atomic mass is 10.0. The summed E-state index contributed by atoms with van der Waals surface area (Å²) in [4.78, 5) is 11.2. The molecule has 0 aliphatic carbocycles. The van der Waals surface area contributed by atoms with Crippen molar-refractivity contribution in [2.75, 3.05) is 6.61 Å². The average Bonchev–Trinajstić information content (AvgIpc) is 2.50. The second-order valence-corrected chi connectivity index (χ2v) is 7.34. The number of carbonyl (C=O) groups is 1. The van der Waals surface area contributed by atoms with Crippen molar-refractivity contribution in [1.82, 2.24) is 0 Å². The van der Waals surface area contributed by atoms with E-state index in [-0.39, 0.29) is 5.97 Å². The Morgan fingerprint density at radius 3 is 1.57 bits per heavy atom. The molecule has 0 atom stereocenters. The molecular formula is C21H40O2. The Hall–Kier alpha value is -0.790. The molecule has 0 saturated carbocycles. The third-order valence-corrected chi connectivity index (χ3v) is 4.26. The van der Waals surface area contributed by atoms with Gasteiger partial charge in [0.2, 0.25) is 0 Å². The van der Waals surface area contributed by atoms with Crippen LogP contribution >= 0.6 is 0 Å². The maximum atomic E-state index is 11.2. The third kappa shape index (κ3) is 17.4. The SMILES string of the molecule is C=C(C)C(=O)OCCCCCCCCCCCCCCC(C)C. The summed E-state index contributed by atoms with van der Waals surface area (Å²) >= 11 is 0. The van der Waals surface area contributed by atoms with Gasteiger partial charge in [-0.05, 0) is 19.3 Å². The van der Waals surface area contributed by atoms with Crippen LogP contribution in [-0.2, 0) is 9.53 Å². The van der Waals surface area contributed by atoms with Gasteiger partial charge in [0.05, 0.1) is 6.61 Å². The van der Waals surface area contributed by atoms with Crippen LogP contribution in [-0.4, -0.2) is 12.6 Å². The van der Waals surface area contributed by atoms with Crippen molar-refractivity contribution in [3.05, 3.63) is 12.2 Å². The van der Waals surface area contributed by atoms with Gasteiger partial charge < -0.3 is 4.74 Å². The molecule has 0 saturated heterocycles. The molecule has 0 aliphatic rings. The highest BCUT2D eigenvalue weighted by atomic mass is 16.5. The minimum Gasteiger partial charge on any atom is -0.462 e. The van der Waals surface area contributed by atoms with Gasteiger partial charge in [0.15, 0.2) is 0 Å². The number of hydrogen-bond donors (Lipinski definition) is 0. The summed E-state index contributed by atoms with van der Waals surface area (Å²) in [5, 5.41) is 0. The molecule has 0 N–H and O–H groups in total. The van der Waals surface area contributed by atoms with Crippen LogP contribution in [0.4, 0.5) is 0 Å². The summed E-state index contributed by atoms with van der Waals surface area (Å²) in [5.74, 6) is 0.613. The summed E-state index contributed by atoms with van der Waals surface area (Å²) in [6, 6.07) is 0. The zero-order chi connectivity index (χ0) is 17.3. The van der Waals surface area contributed by atoms with E-state index in [0.29, 0.717) is 12.2 Å². The first-order chi connectivity index (χ1) is 11.0. The lowest BCUT2D eigenvalue weighted by molar-refractivity contribution is -0.139. The molecule has 0 aromatic carbocycles. The second kappa shape index (κ2) is 16.1. The first-order valence-electron chi connectivity index (χ1n) is 9.86. The Kier molecular flexibility index (Phi) is 15.5. The molecule has 0 aliphatic heterocycles. The van der Waals surface area contributed by atoms with Crippen molar-refractivity contribution in [3.63, 3.8) is 0 Å². The predicted molar refractivity (Wildman–Crippen MR) is 101 cm³/mol. The summed E-state index contributed by atoms with van der Waals surface area (Å²) < 4.78 is 5.08. The first-order valence-corrected chi connectivity index (χ1v) is 9.86. The van der Waals surface area contributed by atoms with Crippen LogP contribution in [0.5, 0.6) is 0 Å². The monoisotopic (exact) mass is 324 g/mol. The maximum absolute atomic E-state index is 11.2. The average molecular weight is 325 g/mol. The molecule has 2 nitrogen and oxygen atoms in total. The molecule has 0 bridgehead atoms. The minimum atomic E-state index is -0.255. The molecule has 2 heteroatoms. The molecule has 23 heavy (non-hydrogen) atoms. The maximum Gasteiger partial charge on any atom is 0.333 e. The fraction of sp³-hybridized carbons (Fsp3) is 0.857. The van der Waals surface area contributed by atoms with E-state index in [2.05, 4.69) is 20.4 Å². The molecule has 136 valence electrons. The Bertz CT molecular complexity index is 294. The van der Waals surface area contributed by atoms with E-state index in [0.717, 1.165) is 12.3 Å². The van der Waals surface area contributed by atoms with Gasteiger partial charge in [-0.25, -0.2) is 4.79 Å². The van der Waals surface area contributed by atoms with Crippen LogP contribution in [0.3, 0.4) is 0 Å². The fourth-order valence-corrected chi connectivity index (χ4v) is 2.71. The van der Waals surface area contributed by atoms with E-state index >= 15 is 0 Å². The molecule has 0 aromatic rings. The number of unbranched alkanes of at least 4 members (excludes halogenated alkanes) is 11. The van der Waals surface area contributed by atoms with Gasteiger partial charge in [0, 0.05) is 5.57 Å². The normalized spacial score (nSPS) is 11.0. The van der Waals surface area contributed by atoms with E-state index in [1.165, 1.54) is 77.0 Å². The van der Waals surface area contributed by atoms with Crippen molar-refractivity contribution in [2.24, 2.45) is 5.92 Å². The topological polar surface area (TPSA) is 26.3 Å². The van der Waals surface area contributed by atoms with Gasteiger partial charge in [-0.1, -0.05) is 97.5 Å². The highest BCUT2D eigenvalue weighted by Gasteiger charge is 2.01. The molecule has 0 rings (SSSR count). The summed E-state index contributed by atoms with van der Waals surface area (Å²) in [5.41, 5.74) is 0.491. The van der Waals surface area contributed by atoms with E-state index in [1.54, 1.807) is 6.92 Å². The van der Waals surface area contributed by atoms with E-state index < -0.39 is 0 Å². The van der Waals surface area contributed by atoms with Crippen molar-refractivity contribution < 1.29 is 9.53 Å². The molecule has 0 spiro atoms. The molecule has 0 amide bonds. The van der Waals surface area contributed by atoms with Gasteiger partial charge in [-0.3, -0.25) is 0 Å². The molecule has 0 radical (unpaired) electrons. The molecule has 0 unspecified atom stereocenters. The zero-order valence-corrected chi connectivity index (χ0v) is 16.0. The number of esters is 1. The lowest BCUT2D eigenvalue weighted by Gasteiger charge is -2.05. The Morgan fingerprint density at radius 2 is 1.17 bits per heavy atom. The molecule has 0 aromatic heterocycles. The number of carbonyl (C=O) groups excluding carboxylic acids is 1. The van der Waals surface area contributed by atoms with E-state index in [1.807, 2.05) is 0 Å². The van der Waals surface area contributed by atoms with Crippen molar-refractivity contribution >= 4 is 5.97 Å². The Labute approximate surface area is 145 Å². The summed E-state index contributed by atoms with van der Waals surface area (Å²) in [6.07, 6.45) is 17.4. The quantitative estimate of drug-likeness (QED) is 0.177. The Balaban J connectivity index is 3.08. The third-order valence-electron chi connectivity index (χ3n) is 4.26. The number of ether oxygens (including phenoxy) is 1. The van der Waals surface area contributed by atoms with Crippen molar-refractivity contribution in [2.45, 2.75) is 104 Å². The van der Waals surface area contributed by atoms with Crippen LogP contribution in [0, 0.1) is 5.92 Å². The smallest absolute Gasteiger partial charge is 0.333 e. The van der Waals surface area contributed by atoms with Crippen LogP contribution in [0.2, 0.25) is 0 Å².